The van der Waals surface area contributed by atoms with Crippen LogP contribution >= 0.6 is 34.8 Å². The molecule has 0 N–H and O–H groups in total. The zero-order chi connectivity index (χ0) is 17.1. The monoisotopic (exact) mass is 382 g/mol. The Hall–Kier alpha value is -2.08. The molecule has 2 aromatic carbocycles. The second-order valence-electron chi connectivity index (χ2n) is 4.67. The molecular formula is C16H9Cl3N2O3. The van der Waals surface area contributed by atoms with Crippen LogP contribution in [0.5, 0.6) is 0 Å². The van der Waals surface area contributed by atoms with Crippen LogP contribution in [0.15, 0.2) is 47.0 Å². The summed E-state index contributed by atoms with van der Waals surface area (Å²) < 4.78 is 10.3. The molecule has 3 rings (SSSR count). The maximum atomic E-state index is 12.0. The summed E-state index contributed by atoms with van der Waals surface area (Å²) in [4.78, 5) is 16.2. The lowest BCUT2D eigenvalue weighted by Crippen LogP contribution is -2.07. The van der Waals surface area contributed by atoms with Crippen molar-refractivity contribution in [2.75, 3.05) is 0 Å². The zero-order valence-corrected chi connectivity index (χ0v) is 14.3. The Morgan fingerprint density at radius 1 is 1.04 bits per heavy atom. The van der Waals surface area contributed by atoms with E-state index < -0.39 is 5.97 Å². The Morgan fingerprint density at radius 2 is 1.79 bits per heavy atom. The van der Waals surface area contributed by atoms with E-state index in [2.05, 4.69) is 10.1 Å². The highest BCUT2D eigenvalue weighted by atomic mass is 35.5. The second-order valence-corrected chi connectivity index (χ2v) is 5.87. The van der Waals surface area contributed by atoms with Crippen molar-refractivity contribution in [3.63, 3.8) is 0 Å². The van der Waals surface area contributed by atoms with Gasteiger partial charge in [0, 0.05) is 0 Å². The van der Waals surface area contributed by atoms with Gasteiger partial charge in [0.2, 0.25) is 5.82 Å². The van der Waals surface area contributed by atoms with Crippen LogP contribution < -0.4 is 0 Å². The number of carbonyl (C=O) groups is 1. The van der Waals surface area contributed by atoms with Crippen LogP contribution in [0.25, 0.3) is 11.5 Å². The molecule has 0 aliphatic carbocycles. The largest absolute Gasteiger partial charge is 0.454 e. The van der Waals surface area contributed by atoms with E-state index in [0.29, 0.717) is 10.6 Å². The summed E-state index contributed by atoms with van der Waals surface area (Å²) in [5.41, 5.74) is 0.765. The molecule has 0 bridgehead atoms. The fourth-order valence-electron chi connectivity index (χ4n) is 1.93. The van der Waals surface area contributed by atoms with Gasteiger partial charge in [0.05, 0.1) is 26.2 Å². The normalized spacial score (nSPS) is 10.6. The number of aromatic nitrogens is 2. The molecule has 0 atom stereocenters. The summed E-state index contributed by atoms with van der Waals surface area (Å²) in [7, 11) is 0. The SMILES string of the molecule is O=C(OCc1noc(-c2ccccc2Cl)n1)c1cccc(Cl)c1Cl. The number of esters is 1. The smallest absolute Gasteiger partial charge is 0.340 e. The number of nitrogens with zero attached hydrogens (tertiary/aromatic N) is 2. The number of hydrogen-bond acceptors (Lipinski definition) is 5. The molecule has 1 heterocycles. The lowest BCUT2D eigenvalue weighted by atomic mass is 10.2. The van der Waals surface area contributed by atoms with Gasteiger partial charge in [-0.3, -0.25) is 0 Å². The van der Waals surface area contributed by atoms with E-state index in [0.717, 1.165) is 0 Å². The molecule has 0 saturated carbocycles. The molecule has 8 heteroatoms. The first-order chi connectivity index (χ1) is 11.6. The van der Waals surface area contributed by atoms with Crippen LogP contribution in [0.4, 0.5) is 0 Å². The number of ether oxygens (including phenoxy) is 1. The topological polar surface area (TPSA) is 65.2 Å². The van der Waals surface area contributed by atoms with Gasteiger partial charge >= 0.3 is 5.97 Å². The molecule has 122 valence electrons. The van der Waals surface area contributed by atoms with Crippen LogP contribution in [0.2, 0.25) is 15.1 Å². The first-order valence-corrected chi connectivity index (χ1v) is 7.88. The molecule has 1 aromatic heterocycles. The van der Waals surface area contributed by atoms with Gasteiger partial charge in [-0.2, -0.15) is 4.98 Å². The van der Waals surface area contributed by atoms with Gasteiger partial charge in [0.25, 0.3) is 5.89 Å². The number of benzene rings is 2. The third-order valence-corrected chi connectivity index (χ3v) is 4.22. The van der Waals surface area contributed by atoms with Crippen molar-refractivity contribution in [2.45, 2.75) is 6.61 Å². The number of carbonyl (C=O) groups excluding carboxylic acids is 1. The minimum atomic E-state index is -0.633. The van der Waals surface area contributed by atoms with Crippen molar-refractivity contribution in [2.24, 2.45) is 0 Å². The fourth-order valence-corrected chi connectivity index (χ4v) is 2.52. The molecule has 5 nitrogen and oxygen atoms in total. The molecule has 0 aliphatic rings. The third-order valence-electron chi connectivity index (χ3n) is 3.08. The van der Waals surface area contributed by atoms with E-state index >= 15 is 0 Å². The van der Waals surface area contributed by atoms with Gasteiger partial charge in [-0.15, -0.1) is 0 Å². The number of halogens is 3. The van der Waals surface area contributed by atoms with Crippen LogP contribution in [-0.4, -0.2) is 16.1 Å². The summed E-state index contributed by atoms with van der Waals surface area (Å²) in [6.45, 7) is -0.171. The van der Waals surface area contributed by atoms with E-state index in [1.807, 2.05) is 0 Å². The highest BCUT2D eigenvalue weighted by Gasteiger charge is 2.16. The predicted molar refractivity (Wildman–Crippen MR) is 90.3 cm³/mol. The lowest BCUT2D eigenvalue weighted by Gasteiger charge is -2.05. The van der Waals surface area contributed by atoms with Crippen molar-refractivity contribution in [1.29, 1.82) is 0 Å². The van der Waals surface area contributed by atoms with E-state index in [9.17, 15) is 4.79 Å². The van der Waals surface area contributed by atoms with Crippen LogP contribution in [-0.2, 0) is 11.3 Å². The molecule has 0 radical (unpaired) electrons. The molecule has 0 amide bonds. The molecule has 0 saturated heterocycles. The molecular weight excluding hydrogens is 375 g/mol. The Morgan fingerprint density at radius 3 is 2.58 bits per heavy atom. The highest BCUT2D eigenvalue weighted by Crippen LogP contribution is 2.27. The van der Waals surface area contributed by atoms with Crippen LogP contribution in [0, 0.1) is 0 Å². The molecule has 0 spiro atoms. The van der Waals surface area contributed by atoms with Crippen molar-refractivity contribution >= 4 is 40.8 Å². The summed E-state index contributed by atoms with van der Waals surface area (Å²) in [6, 6.07) is 11.7. The van der Waals surface area contributed by atoms with Crippen LogP contribution in [0.3, 0.4) is 0 Å². The minimum absolute atomic E-state index is 0.133. The molecule has 0 unspecified atom stereocenters. The van der Waals surface area contributed by atoms with Gasteiger partial charge < -0.3 is 9.26 Å². The van der Waals surface area contributed by atoms with E-state index in [-0.39, 0.29) is 33.9 Å². The number of rotatable bonds is 4. The van der Waals surface area contributed by atoms with Crippen molar-refractivity contribution < 1.29 is 14.1 Å². The Labute approximate surface area is 152 Å². The Bertz CT molecular complexity index is 896. The van der Waals surface area contributed by atoms with Gasteiger partial charge in [-0.25, -0.2) is 4.79 Å². The average molecular weight is 384 g/mol. The minimum Gasteiger partial charge on any atom is -0.454 e. The van der Waals surface area contributed by atoms with Gasteiger partial charge in [0.15, 0.2) is 6.61 Å². The quantitative estimate of drug-likeness (QED) is 0.590. The Kier molecular flexibility index (Phi) is 5.04. The summed E-state index contributed by atoms with van der Waals surface area (Å²) in [5.74, 6) is -0.185. The predicted octanol–water partition coefficient (Wildman–Crippen LogP) is 5.05. The van der Waals surface area contributed by atoms with Gasteiger partial charge in [0.1, 0.15) is 0 Å². The Balaban J connectivity index is 1.71. The zero-order valence-electron chi connectivity index (χ0n) is 12.0. The number of hydrogen-bond donors (Lipinski definition) is 0. The molecule has 3 aromatic rings. The van der Waals surface area contributed by atoms with E-state index in [1.54, 1.807) is 36.4 Å². The lowest BCUT2D eigenvalue weighted by molar-refractivity contribution is 0.0460. The molecule has 0 fully saturated rings. The van der Waals surface area contributed by atoms with E-state index in [4.69, 9.17) is 44.1 Å². The first-order valence-electron chi connectivity index (χ1n) is 6.75. The van der Waals surface area contributed by atoms with E-state index in [1.165, 1.54) is 6.07 Å². The summed E-state index contributed by atoms with van der Waals surface area (Å²) >= 11 is 17.9. The van der Waals surface area contributed by atoms with Crippen LogP contribution in [0.1, 0.15) is 16.2 Å². The standard InChI is InChI=1S/C16H9Cl3N2O3/c17-11-6-2-1-4-9(11)15-20-13(21-24-15)8-23-16(22)10-5-3-7-12(18)14(10)19/h1-7H,8H2. The van der Waals surface area contributed by atoms with Gasteiger partial charge in [-0.1, -0.05) is 58.2 Å². The average Bonchev–Trinajstić information content (AvgIpc) is 3.04. The van der Waals surface area contributed by atoms with Crippen molar-refractivity contribution in [3.05, 3.63) is 68.9 Å². The second kappa shape index (κ2) is 7.21. The summed E-state index contributed by atoms with van der Waals surface area (Å²) in [5, 5.41) is 4.64. The molecule has 24 heavy (non-hydrogen) atoms. The van der Waals surface area contributed by atoms with Crippen molar-refractivity contribution in [1.82, 2.24) is 10.1 Å². The fraction of sp³-hybridized carbons (Fsp3) is 0.0625. The van der Waals surface area contributed by atoms with Crippen molar-refractivity contribution in [3.8, 4) is 11.5 Å². The maximum absolute atomic E-state index is 12.0. The van der Waals surface area contributed by atoms with Gasteiger partial charge in [-0.05, 0) is 24.3 Å². The maximum Gasteiger partial charge on any atom is 0.340 e. The highest BCUT2D eigenvalue weighted by molar-refractivity contribution is 6.43. The molecule has 0 aliphatic heterocycles. The first kappa shape index (κ1) is 16.8. The third kappa shape index (κ3) is 3.53. The summed E-state index contributed by atoms with van der Waals surface area (Å²) in [6.07, 6.45) is 0.